The summed E-state index contributed by atoms with van der Waals surface area (Å²) in [5.41, 5.74) is 9.61. The van der Waals surface area contributed by atoms with Crippen LogP contribution in [0.3, 0.4) is 0 Å². The third kappa shape index (κ3) is 3.09. The lowest BCUT2D eigenvalue weighted by Gasteiger charge is -2.26. The topological polar surface area (TPSA) is 58.4 Å². The van der Waals surface area contributed by atoms with Gasteiger partial charge in [0.15, 0.2) is 0 Å². The summed E-state index contributed by atoms with van der Waals surface area (Å²) >= 11 is 1.81. The molecule has 1 aliphatic rings. The molecule has 0 spiro atoms. The van der Waals surface area contributed by atoms with E-state index in [4.69, 9.17) is 5.73 Å². The molecule has 2 heterocycles. The van der Waals surface area contributed by atoms with Crippen molar-refractivity contribution in [1.82, 2.24) is 4.90 Å². The molecule has 1 aliphatic heterocycles. The van der Waals surface area contributed by atoms with Crippen LogP contribution in [0.15, 0.2) is 29.6 Å². The zero-order valence-electron chi connectivity index (χ0n) is 12.1. The van der Waals surface area contributed by atoms with E-state index in [-0.39, 0.29) is 5.91 Å². The summed E-state index contributed by atoms with van der Waals surface area (Å²) < 4.78 is 0. The van der Waals surface area contributed by atoms with Gasteiger partial charge in [0.2, 0.25) is 5.91 Å². The maximum atomic E-state index is 12.2. The maximum absolute atomic E-state index is 12.2. The number of carbonyl (C=O) groups is 1. The van der Waals surface area contributed by atoms with Gasteiger partial charge in [-0.05, 0) is 42.0 Å². The van der Waals surface area contributed by atoms with Crippen LogP contribution in [0, 0.1) is 6.92 Å². The fourth-order valence-corrected chi connectivity index (χ4v) is 3.57. The van der Waals surface area contributed by atoms with Gasteiger partial charge in [0.1, 0.15) is 0 Å². The van der Waals surface area contributed by atoms with Crippen molar-refractivity contribution in [3.05, 3.63) is 45.6 Å². The standard InChI is InChI=1S/C16H19N3OS/c1-11-3-2-4-13(17)16(11)18-15(20)10-19-7-5-14-12(9-19)6-8-21-14/h2-4,6,8H,5,7,9-10,17H2,1H3,(H,18,20). The summed E-state index contributed by atoms with van der Waals surface area (Å²) in [5.74, 6) is -0.00493. The van der Waals surface area contributed by atoms with Crippen molar-refractivity contribution < 1.29 is 4.79 Å². The van der Waals surface area contributed by atoms with Gasteiger partial charge in [-0.3, -0.25) is 9.69 Å². The van der Waals surface area contributed by atoms with Crippen LogP contribution in [0.1, 0.15) is 16.0 Å². The maximum Gasteiger partial charge on any atom is 0.238 e. The predicted molar refractivity (Wildman–Crippen MR) is 87.5 cm³/mol. The first-order chi connectivity index (χ1) is 10.1. The quantitative estimate of drug-likeness (QED) is 0.857. The molecular weight excluding hydrogens is 282 g/mol. The Morgan fingerprint density at radius 3 is 3.10 bits per heavy atom. The molecule has 0 radical (unpaired) electrons. The number of carbonyl (C=O) groups excluding carboxylic acids is 1. The number of thiophene rings is 1. The summed E-state index contributed by atoms with van der Waals surface area (Å²) in [6, 6.07) is 7.80. The third-order valence-electron chi connectivity index (χ3n) is 3.82. The van der Waals surface area contributed by atoms with Crippen LogP contribution < -0.4 is 11.1 Å². The van der Waals surface area contributed by atoms with E-state index in [1.54, 1.807) is 6.07 Å². The molecule has 0 saturated heterocycles. The molecule has 0 unspecified atom stereocenters. The second-order valence-corrected chi connectivity index (χ2v) is 6.42. The van der Waals surface area contributed by atoms with Crippen LogP contribution >= 0.6 is 11.3 Å². The van der Waals surface area contributed by atoms with Gasteiger partial charge < -0.3 is 11.1 Å². The number of anilines is 2. The lowest BCUT2D eigenvalue weighted by molar-refractivity contribution is -0.117. The summed E-state index contributed by atoms with van der Waals surface area (Å²) in [4.78, 5) is 15.9. The second-order valence-electron chi connectivity index (χ2n) is 5.42. The SMILES string of the molecule is Cc1cccc(N)c1NC(=O)CN1CCc2sccc2C1. The van der Waals surface area contributed by atoms with Gasteiger partial charge in [-0.2, -0.15) is 0 Å². The molecule has 3 rings (SSSR count). The van der Waals surface area contributed by atoms with Crippen LogP contribution in [0.4, 0.5) is 11.4 Å². The number of nitrogens with two attached hydrogens (primary N) is 1. The normalized spacial score (nSPS) is 14.7. The Morgan fingerprint density at radius 1 is 1.43 bits per heavy atom. The van der Waals surface area contributed by atoms with Crippen LogP contribution in [0.5, 0.6) is 0 Å². The van der Waals surface area contributed by atoms with Gasteiger partial charge in [0.25, 0.3) is 0 Å². The van der Waals surface area contributed by atoms with E-state index >= 15 is 0 Å². The van der Waals surface area contributed by atoms with Crippen LogP contribution in [0.2, 0.25) is 0 Å². The Hall–Kier alpha value is -1.85. The van der Waals surface area contributed by atoms with Gasteiger partial charge in [0.05, 0.1) is 17.9 Å². The predicted octanol–water partition coefficient (Wildman–Crippen LogP) is 2.64. The molecule has 4 nitrogen and oxygen atoms in total. The van der Waals surface area contributed by atoms with E-state index in [9.17, 15) is 4.79 Å². The molecule has 1 aromatic carbocycles. The first kappa shape index (κ1) is 14.1. The lowest BCUT2D eigenvalue weighted by Crippen LogP contribution is -2.36. The monoisotopic (exact) mass is 301 g/mol. The van der Waals surface area contributed by atoms with E-state index in [0.29, 0.717) is 12.2 Å². The van der Waals surface area contributed by atoms with Gasteiger partial charge in [0, 0.05) is 18.0 Å². The van der Waals surface area contributed by atoms with E-state index < -0.39 is 0 Å². The molecule has 0 saturated carbocycles. The van der Waals surface area contributed by atoms with Crippen molar-refractivity contribution in [3.8, 4) is 0 Å². The first-order valence-electron chi connectivity index (χ1n) is 7.06. The number of benzene rings is 1. The molecule has 21 heavy (non-hydrogen) atoms. The van der Waals surface area contributed by atoms with Crippen molar-refractivity contribution in [1.29, 1.82) is 0 Å². The van der Waals surface area contributed by atoms with Crippen LogP contribution in [0.25, 0.3) is 0 Å². The van der Waals surface area contributed by atoms with Crippen LogP contribution in [-0.4, -0.2) is 23.9 Å². The first-order valence-corrected chi connectivity index (χ1v) is 7.94. The second kappa shape index (κ2) is 5.87. The van der Waals surface area contributed by atoms with Gasteiger partial charge in [-0.15, -0.1) is 11.3 Å². The highest BCUT2D eigenvalue weighted by atomic mass is 32.1. The average Bonchev–Trinajstić information content (AvgIpc) is 2.90. The zero-order valence-corrected chi connectivity index (χ0v) is 12.9. The summed E-state index contributed by atoms with van der Waals surface area (Å²) in [7, 11) is 0. The van der Waals surface area contributed by atoms with E-state index in [0.717, 1.165) is 30.8 Å². The number of rotatable bonds is 3. The van der Waals surface area contributed by atoms with Gasteiger partial charge in [-0.25, -0.2) is 0 Å². The molecule has 3 N–H and O–H groups in total. The minimum absolute atomic E-state index is 0.00493. The van der Waals surface area contributed by atoms with Crippen molar-refractivity contribution in [2.24, 2.45) is 0 Å². The number of hydrogen-bond donors (Lipinski definition) is 2. The number of nitrogens with one attached hydrogen (secondary N) is 1. The smallest absolute Gasteiger partial charge is 0.238 e. The fraction of sp³-hybridized carbons (Fsp3) is 0.312. The number of nitrogens with zero attached hydrogens (tertiary/aromatic N) is 1. The summed E-state index contributed by atoms with van der Waals surface area (Å²) in [5, 5.41) is 5.07. The van der Waals surface area contributed by atoms with E-state index in [2.05, 4.69) is 21.7 Å². The summed E-state index contributed by atoms with van der Waals surface area (Å²) in [6.45, 7) is 4.15. The Balaban J connectivity index is 1.63. The van der Waals surface area contributed by atoms with Gasteiger partial charge in [-0.1, -0.05) is 12.1 Å². The number of amides is 1. The molecular formula is C16H19N3OS. The molecule has 1 aromatic heterocycles. The number of hydrogen-bond acceptors (Lipinski definition) is 4. The molecule has 1 amide bonds. The van der Waals surface area contributed by atoms with Crippen molar-refractivity contribution in [3.63, 3.8) is 0 Å². The van der Waals surface area contributed by atoms with Crippen molar-refractivity contribution in [2.45, 2.75) is 19.9 Å². The minimum Gasteiger partial charge on any atom is -0.397 e. The third-order valence-corrected chi connectivity index (χ3v) is 4.85. The fourth-order valence-electron chi connectivity index (χ4n) is 2.69. The van der Waals surface area contributed by atoms with Crippen LogP contribution in [-0.2, 0) is 17.8 Å². The molecule has 2 aromatic rings. The largest absolute Gasteiger partial charge is 0.397 e. The highest BCUT2D eigenvalue weighted by Gasteiger charge is 2.19. The number of para-hydroxylation sites is 1. The Labute approximate surface area is 128 Å². The number of aryl methyl sites for hydroxylation is 1. The number of nitrogen functional groups attached to an aromatic ring is 1. The van der Waals surface area contributed by atoms with Crippen molar-refractivity contribution in [2.75, 3.05) is 24.1 Å². The molecule has 0 fully saturated rings. The Morgan fingerprint density at radius 2 is 2.29 bits per heavy atom. The Bertz CT molecular complexity index is 645. The van der Waals surface area contributed by atoms with Gasteiger partial charge >= 0.3 is 0 Å². The molecule has 5 heteroatoms. The summed E-state index contributed by atoms with van der Waals surface area (Å²) in [6.07, 6.45) is 1.03. The molecule has 0 aliphatic carbocycles. The minimum atomic E-state index is -0.00493. The number of fused-ring (bicyclic) bond motifs is 1. The molecule has 110 valence electrons. The van der Waals surface area contributed by atoms with E-state index in [1.165, 1.54) is 10.4 Å². The van der Waals surface area contributed by atoms with E-state index in [1.807, 2.05) is 30.4 Å². The van der Waals surface area contributed by atoms with Crippen molar-refractivity contribution >= 4 is 28.6 Å². The lowest BCUT2D eigenvalue weighted by atomic mass is 10.1. The highest BCUT2D eigenvalue weighted by Crippen LogP contribution is 2.25. The average molecular weight is 301 g/mol. The molecule has 0 atom stereocenters. The zero-order chi connectivity index (χ0) is 14.8. The molecule has 0 bridgehead atoms. The Kier molecular flexibility index (Phi) is 3.94. The highest BCUT2D eigenvalue weighted by molar-refractivity contribution is 7.10.